The second-order valence-corrected chi connectivity index (χ2v) is 4.35. The Kier molecular flexibility index (Phi) is 3.28. The van der Waals surface area contributed by atoms with Crippen molar-refractivity contribution in [2.75, 3.05) is 0 Å². The molecule has 0 heterocycles. The molecule has 2 heteroatoms. The third kappa shape index (κ3) is 2.42. The highest BCUT2D eigenvalue weighted by atomic mass is 28.2. The summed E-state index contributed by atoms with van der Waals surface area (Å²) < 4.78 is 5.59. The van der Waals surface area contributed by atoms with Gasteiger partial charge in [-0.1, -0.05) is 37.3 Å². The molecule has 0 saturated heterocycles. The molecule has 0 aliphatic heterocycles. The van der Waals surface area contributed by atoms with Crippen molar-refractivity contribution in [3.63, 3.8) is 0 Å². The maximum Gasteiger partial charge on any atom is 0.146 e. The maximum atomic E-state index is 5.59. The second-order valence-electron chi connectivity index (χ2n) is 3.94. The minimum Gasteiger partial charge on any atom is -0.422 e. The monoisotopic (exact) mass is 194 g/mol. The molecular weight excluding hydrogens is 176 g/mol. The smallest absolute Gasteiger partial charge is 0.146 e. The molecule has 0 N–H and O–H groups in total. The molecule has 1 rings (SSSR count). The topological polar surface area (TPSA) is 9.23 Å². The number of hydrogen-bond donors (Lipinski definition) is 0. The third-order valence-electron chi connectivity index (χ3n) is 2.87. The van der Waals surface area contributed by atoms with E-state index in [1.807, 2.05) is 6.07 Å². The van der Waals surface area contributed by atoms with Crippen LogP contribution in [0.25, 0.3) is 0 Å². The quantitative estimate of drug-likeness (QED) is 0.668. The van der Waals surface area contributed by atoms with E-state index in [1.54, 1.807) is 0 Å². The van der Waals surface area contributed by atoms with Gasteiger partial charge in [0.15, 0.2) is 0 Å². The van der Waals surface area contributed by atoms with E-state index in [0.717, 1.165) is 10.5 Å². The van der Waals surface area contributed by atoms with Gasteiger partial charge in [-0.15, -0.1) is 0 Å². The van der Waals surface area contributed by atoms with E-state index in [4.69, 9.17) is 4.43 Å². The van der Waals surface area contributed by atoms with Gasteiger partial charge in [-0.25, -0.2) is 0 Å². The Bertz CT molecular complexity index is 256. The summed E-state index contributed by atoms with van der Waals surface area (Å²) >= 11 is 0. The minimum atomic E-state index is -0.0342. The molecule has 72 valence electrons. The molecule has 1 aromatic carbocycles. The van der Waals surface area contributed by atoms with Gasteiger partial charge >= 0.3 is 0 Å². The van der Waals surface area contributed by atoms with Crippen LogP contribution in [0, 0.1) is 0 Å². The largest absolute Gasteiger partial charge is 0.422 e. The van der Waals surface area contributed by atoms with E-state index in [1.165, 1.54) is 5.56 Å². The van der Waals surface area contributed by atoms with Crippen molar-refractivity contribution in [2.45, 2.75) is 32.3 Å². The highest BCUT2D eigenvalue weighted by Crippen LogP contribution is 2.29. The van der Waals surface area contributed by atoms with Gasteiger partial charge in [0, 0.05) is 5.92 Å². The summed E-state index contributed by atoms with van der Waals surface area (Å²) in [6, 6.07) is 10.5. The van der Waals surface area contributed by atoms with Gasteiger partial charge in [0.2, 0.25) is 0 Å². The molecule has 0 aliphatic rings. The van der Waals surface area contributed by atoms with E-state index >= 15 is 0 Å². The Balaban J connectivity index is 2.85. The molecule has 1 atom stereocenters. The summed E-state index contributed by atoms with van der Waals surface area (Å²) in [6.45, 7) is 6.52. The lowest BCUT2D eigenvalue weighted by molar-refractivity contribution is 0.0961. The first kappa shape index (κ1) is 10.5. The van der Waals surface area contributed by atoms with Crippen LogP contribution in [0.4, 0.5) is 0 Å². The van der Waals surface area contributed by atoms with Crippen molar-refractivity contribution in [1.82, 2.24) is 0 Å². The van der Waals surface area contributed by atoms with Gasteiger partial charge in [-0.2, -0.15) is 0 Å². The van der Waals surface area contributed by atoms with Crippen LogP contribution in [0.3, 0.4) is 0 Å². The molecule has 0 amide bonds. The summed E-state index contributed by atoms with van der Waals surface area (Å²) in [5, 5.41) is 0. The molecule has 1 unspecified atom stereocenters. The van der Waals surface area contributed by atoms with Crippen LogP contribution in [0.15, 0.2) is 30.3 Å². The fourth-order valence-electron chi connectivity index (χ4n) is 1.32. The molecule has 1 aromatic rings. The van der Waals surface area contributed by atoms with Crippen LogP contribution in [0.2, 0.25) is 0 Å². The molecular formula is C11H18OSi. The molecule has 0 fully saturated rings. The molecule has 0 spiro atoms. The van der Waals surface area contributed by atoms with Crippen LogP contribution in [-0.4, -0.2) is 16.1 Å². The van der Waals surface area contributed by atoms with E-state index in [9.17, 15) is 0 Å². The van der Waals surface area contributed by atoms with Crippen molar-refractivity contribution in [3.05, 3.63) is 35.9 Å². The Labute approximate surface area is 83.7 Å². The zero-order valence-corrected chi connectivity index (χ0v) is 10.9. The van der Waals surface area contributed by atoms with E-state index in [2.05, 4.69) is 45.0 Å². The SMILES string of the molecule is CC(c1ccccc1)C(C)(C)O[SiH3]. The predicted molar refractivity (Wildman–Crippen MR) is 60.0 cm³/mol. The average molecular weight is 194 g/mol. The number of benzene rings is 1. The molecule has 0 bridgehead atoms. The van der Waals surface area contributed by atoms with Crippen molar-refractivity contribution in [2.24, 2.45) is 0 Å². The van der Waals surface area contributed by atoms with Crippen LogP contribution < -0.4 is 0 Å². The standard InChI is InChI=1S/C11H18OSi/c1-9(11(2,3)12-13)10-7-5-4-6-8-10/h4-9H,1-3,13H3. The Morgan fingerprint density at radius 3 is 2.23 bits per heavy atom. The molecule has 0 aliphatic carbocycles. The highest BCUT2D eigenvalue weighted by molar-refractivity contribution is 5.98. The summed E-state index contributed by atoms with van der Waals surface area (Å²) in [7, 11) is 0.796. The number of hydrogen-bond acceptors (Lipinski definition) is 1. The Morgan fingerprint density at radius 1 is 1.23 bits per heavy atom. The Hall–Kier alpha value is -0.603. The van der Waals surface area contributed by atoms with E-state index in [0.29, 0.717) is 5.92 Å². The minimum absolute atomic E-state index is 0.0342. The van der Waals surface area contributed by atoms with E-state index in [-0.39, 0.29) is 5.60 Å². The fourth-order valence-corrected chi connectivity index (χ4v) is 1.67. The summed E-state index contributed by atoms with van der Waals surface area (Å²) in [5.74, 6) is 0.450. The van der Waals surface area contributed by atoms with Crippen molar-refractivity contribution in [3.8, 4) is 0 Å². The van der Waals surface area contributed by atoms with Crippen molar-refractivity contribution < 1.29 is 4.43 Å². The van der Waals surface area contributed by atoms with Crippen LogP contribution in [-0.2, 0) is 4.43 Å². The number of rotatable bonds is 3. The van der Waals surface area contributed by atoms with Gasteiger partial charge in [0.1, 0.15) is 10.5 Å². The summed E-state index contributed by atoms with van der Waals surface area (Å²) in [4.78, 5) is 0. The third-order valence-corrected chi connectivity index (χ3v) is 3.92. The molecule has 0 aromatic heterocycles. The van der Waals surface area contributed by atoms with Crippen LogP contribution in [0.1, 0.15) is 32.3 Å². The lowest BCUT2D eigenvalue weighted by Gasteiger charge is -2.31. The van der Waals surface area contributed by atoms with Crippen molar-refractivity contribution in [1.29, 1.82) is 0 Å². The highest BCUT2D eigenvalue weighted by Gasteiger charge is 2.25. The van der Waals surface area contributed by atoms with Gasteiger partial charge in [-0.3, -0.25) is 0 Å². The Morgan fingerprint density at radius 2 is 1.77 bits per heavy atom. The molecule has 0 saturated carbocycles. The van der Waals surface area contributed by atoms with Crippen LogP contribution in [0.5, 0.6) is 0 Å². The predicted octanol–water partition coefficient (Wildman–Crippen LogP) is 1.87. The molecule has 13 heavy (non-hydrogen) atoms. The maximum absolute atomic E-state index is 5.59. The van der Waals surface area contributed by atoms with Crippen LogP contribution >= 0.6 is 0 Å². The first-order valence-electron chi connectivity index (χ1n) is 4.68. The summed E-state index contributed by atoms with van der Waals surface area (Å²) in [5.41, 5.74) is 1.32. The second kappa shape index (κ2) is 4.07. The van der Waals surface area contributed by atoms with Gasteiger partial charge in [0.05, 0.1) is 5.60 Å². The average Bonchev–Trinajstić information content (AvgIpc) is 2.18. The normalized spacial score (nSPS) is 14.4. The molecule has 0 radical (unpaired) electrons. The van der Waals surface area contributed by atoms with Gasteiger partial charge in [-0.05, 0) is 19.4 Å². The zero-order valence-electron chi connectivity index (χ0n) is 8.87. The first-order valence-corrected chi connectivity index (χ1v) is 5.49. The fraction of sp³-hybridized carbons (Fsp3) is 0.455. The van der Waals surface area contributed by atoms with Gasteiger partial charge in [0.25, 0.3) is 0 Å². The lowest BCUT2D eigenvalue weighted by Crippen LogP contribution is -2.30. The molecule has 1 nitrogen and oxygen atoms in total. The van der Waals surface area contributed by atoms with E-state index < -0.39 is 0 Å². The van der Waals surface area contributed by atoms with Crippen molar-refractivity contribution >= 4 is 10.5 Å². The first-order chi connectivity index (χ1) is 6.08. The van der Waals surface area contributed by atoms with Gasteiger partial charge < -0.3 is 4.43 Å². The zero-order chi connectivity index (χ0) is 9.90. The summed E-state index contributed by atoms with van der Waals surface area (Å²) in [6.07, 6.45) is 0. The lowest BCUT2D eigenvalue weighted by atomic mass is 9.86.